The molecular formula is C18H18FNO4. The molecular weight excluding hydrogens is 313 g/mol. The third-order valence-electron chi connectivity index (χ3n) is 4.12. The van der Waals surface area contributed by atoms with Crippen molar-refractivity contribution in [2.24, 2.45) is 0 Å². The van der Waals surface area contributed by atoms with Crippen molar-refractivity contribution < 1.29 is 18.8 Å². The highest BCUT2D eigenvalue weighted by Gasteiger charge is 2.44. The normalized spacial score (nSPS) is 22.7. The van der Waals surface area contributed by atoms with E-state index in [1.165, 1.54) is 6.07 Å². The van der Waals surface area contributed by atoms with Crippen LogP contribution in [0.25, 0.3) is 0 Å². The lowest BCUT2D eigenvalue weighted by molar-refractivity contribution is -0.386. The van der Waals surface area contributed by atoms with E-state index in [4.69, 9.17) is 9.47 Å². The number of halogens is 1. The lowest BCUT2D eigenvalue weighted by Gasteiger charge is -2.44. The molecule has 0 amide bonds. The Labute approximate surface area is 139 Å². The lowest BCUT2D eigenvalue weighted by atomic mass is 9.78. The largest absolute Gasteiger partial charge is 0.480 e. The second-order valence-corrected chi connectivity index (χ2v) is 6.25. The van der Waals surface area contributed by atoms with Crippen LogP contribution in [0, 0.1) is 15.9 Å². The molecule has 5 nitrogen and oxygen atoms in total. The molecule has 1 saturated carbocycles. The zero-order valence-electron chi connectivity index (χ0n) is 13.3. The number of nitro groups is 1. The van der Waals surface area contributed by atoms with Crippen LogP contribution in [0.15, 0.2) is 48.5 Å². The van der Waals surface area contributed by atoms with Crippen molar-refractivity contribution in [3.8, 4) is 5.75 Å². The van der Waals surface area contributed by atoms with Gasteiger partial charge in [0.05, 0.1) is 23.7 Å². The molecule has 0 unspecified atom stereocenters. The van der Waals surface area contributed by atoms with Crippen molar-refractivity contribution in [3.05, 3.63) is 70.0 Å². The third-order valence-corrected chi connectivity index (χ3v) is 4.12. The maximum Gasteiger partial charge on any atom is 0.313 e. The average Bonchev–Trinajstić information content (AvgIpc) is 2.53. The van der Waals surface area contributed by atoms with Gasteiger partial charge in [-0.25, -0.2) is 4.39 Å². The highest BCUT2D eigenvalue weighted by Crippen LogP contribution is 2.41. The van der Waals surface area contributed by atoms with Gasteiger partial charge in [-0.15, -0.1) is 0 Å². The zero-order chi connectivity index (χ0) is 17.2. The smallest absolute Gasteiger partial charge is 0.313 e. The maximum atomic E-state index is 13.2. The summed E-state index contributed by atoms with van der Waals surface area (Å²) in [6, 6.07) is 13.2. The Morgan fingerprint density at radius 2 is 1.96 bits per heavy atom. The summed E-state index contributed by atoms with van der Waals surface area (Å²) < 4.78 is 24.8. The Balaban J connectivity index is 1.57. The highest BCUT2D eigenvalue weighted by atomic mass is 19.1. The van der Waals surface area contributed by atoms with Crippen LogP contribution >= 0.6 is 0 Å². The monoisotopic (exact) mass is 331 g/mol. The standard InChI is InChI=1S/C18H18FNO4/c1-18(24-17-8-7-14(19)9-16(17)20(21)22)10-15(11-18)23-12-13-5-3-2-4-6-13/h2-9,15H,10-12H2,1H3. The summed E-state index contributed by atoms with van der Waals surface area (Å²) in [5, 5.41) is 11.0. The second-order valence-electron chi connectivity index (χ2n) is 6.25. The molecule has 6 heteroatoms. The van der Waals surface area contributed by atoms with E-state index >= 15 is 0 Å². The van der Waals surface area contributed by atoms with Gasteiger partial charge < -0.3 is 9.47 Å². The van der Waals surface area contributed by atoms with Crippen LogP contribution in [0.4, 0.5) is 10.1 Å². The summed E-state index contributed by atoms with van der Waals surface area (Å²) >= 11 is 0. The minimum Gasteiger partial charge on any atom is -0.480 e. The average molecular weight is 331 g/mol. The molecule has 126 valence electrons. The van der Waals surface area contributed by atoms with Gasteiger partial charge in [-0.1, -0.05) is 30.3 Å². The SMILES string of the molecule is CC1(Oc2ccc(F)cc2[N+](=O)[O-])CC(OCc2ccccc2)C1. The van der Waals surface area contributed by atoms with Crippen LogP contribution in [0.5, 0.6) is 5.75 Å². The first-order valence-corrected chi connectivity index (χ1v) is 7.74. The lowest BCUT2D eigenvalue weighted by Crippen LogP contribution is -2.50. The van der Waals surface area contributed by atoms with Crippen molar-refractivity contribution in [2.45, 2.75) is 38.1 Å². The number of hydrogen-bond donors (Lipinski definition) is 0. The molecule has 0 bridgehead atoms. The van der Waals surface area contributed by atoms with Gasteiger partial charge in [0.1, 0.15) is 11.4 Å². The van der Waals surface area contributed by atoms with Crippen LogP contribution < -0.4 is 4.74 Å². The fourth-order valence-electron chi connectivity index (χ4n) is 2.88. The molecule has 2 aromatic rings. The number of nitrogens with zero attached hydrogens (tertiary/aromatic N) is 1. The van der Waals surface area contributed by atoms with Crippen LogP contribution in [0.3, 0.4) is 0 Å². The summed E-state index contributed by atoms with van der Waals surface area (Å²) in [6.45, 7) is 2.40. The molecule has 0 aromatic heterocycles. The number of nitro benzene ring substituents is 1. The zero-order valence-corrected chi connectivity index (χ0v) is 13.3. The molecule has 0 saturated heterocycles. The van der Waals surface area contributed by atoms with E-state index in [2.05, 4.69) is 0 Å². The van der Waals surface area contributed by atoms with E-state index < -0.39 is 16.3 Å². The van der Waals surface area contributed by atoms with E-state index in [0.717, 1.165) is 17.7 Å². The Kier molecular flexibility index (Phi) is 4.49. The Morgan fingerprint density at radius 1 is 1.25 bits per heavy atom. The Hall–Kier alpha value is -2.47. The van der Waals surface area contributed by atoms with Crippen molar-refractivity contribution in [1.82, 2.24) is 0 Å². The van der Waals surface area contributed by atoms with E-state index in [-0.39, 0.29) is 17.5 Å². The van der Waals surface area contributed by atoms with E-state index in [1.54, 1.807) is 0 Å². The first-order chi connectivity index (χ1) is 11.5. The van der Waals surface area contributed by atoms with Gasteiger partial charge in [0.2, 0.25) is 0 Å². The predicted molar refractivity (Wildman–Crippen MR) is 86.3 cm³/mol. The molecule has 0 atom stereocenters. The fraction of sp³-hybridized carbons (Fsp3) is 0.333. The van der Waals surface area contributed by atoms with Gasteiger partial charge in [0.25, 0.3) is 0 Å². The van der Waals surface area contributed by atoms with E-state index in [0.29, 0.717) is 19.4 Å². The summed E-state index contributed by atoms with van der Waals surface area (Å²) in [7, 11) is 0. The molecule has 0 radical (unpaired) electrons. The van der Waals surface area contributed by atoms with Gasteiger partial charge in [-0.05, 0) is 24.6 Å². The summed E-state index contributed by atoms with van der Waals surface area (Å²) in [6.07, 6.45) is 1.32. The Morgan fingerprint density at radius 3 is 2.62 bits per heavy atom. The minimum atomic E-state index is -0.656. The number of rotatable bonds is 6. The third kappa shape index (κ3) is 3.71. The van der Waals surface area contributed by atoms with Gasteiger partial charge in [0.15, 0.2) is 5.75 Å². The van der Waals surface area contributed by atoms with Gasteiger partial charge >= 0.3 is 5.69 Å². The Bertz CT molecular complexity index is 729. The number of hydrogen-bond acceptors (Lipinski definition) is 4. The van der Waals surface area contributed by atoms with Crippen molar-refractivity contribution in [3.63, 3.8) is 0 Å². The first kappa shape index (κ1) is 16.4. The van der Waals surface area contributed by atoms with Gasteiger partial charge in [-0.2, -0.15) is 0 Å². The molecule has 0 aliphatic heterocycles. The molecule has 1 aliphatic carbocycles. The van der Waals surface area contributed by atoms with Crippen LogP contribution in [-0.4, -0.2) is 16.6 Å². The van der Waals surface area contributed by atoms with Gasteiger partial charge in [0, 0.05) is 12.8 Å². The summed E-state index contributed by atoms with van der Waals surface area (Å²) in [4.78, 5) is 10.4. The molecule has 0 N–H and O–H groups in total. The highest BCUT2D eigenvalue weighted by molar-refractivity contribution is 5.46. The number of ether oxygens (including phenoxy) is 2. The van der Waals surface area contributed by atoms with Gasteiger partial charge in [-0.3, -0.25) is 10.1 Å². The summed E-state index contributed by atoms with van der Waals surface area (Å²) in [5.74, 6) is -0.567. The molecule has 3 rings (SSSR count). The topological polar surface area (TPSA) is 61.6 Å². The van der Waals surface area contributed by atoms with E-state index in [9.17, 15) is 14.5 Å². The van der Waals surface area contributed by atoms with Crippen LogP contribution in [0.2, 0.25) is 0 Å². The minimum absolute atomic E-state index is 0.0507. The molecule has 2 aromatic carbocycles. The van der Waals surface area contributed by atoms with Crippen molar-refractivity contribution >= 4 is 5.69 Å². The maximum absolute atomic E-state index is 13.2. The predicted octanol–water partition coefficient (Wildman–Crippen LogP) is 4.25. The fourth-order valence-corrected chi connectivity index (χ4v) is 2.88. The molecule has 0 heterocycles. The van der Waals surface area contributed by atoms with E-state index in [1.807, 2.05) is 37.3 Å². The second kappa shape index (κ2) is 6.57. The molecule has 1 aliphatic rings. The van der Waals surface area contributed by atoms with Crippen LogP contribution in [-0.2, 0) is 11.3 Å². The summed E-state index contributed by atoms with van der Waals surface area (Å²) in [5.41, 5.74) is 0.204. The first-order valence-electron chi connectivity index (χ1n) is 7.74. The molecule has 1 fully saturated rings. The van der Waals surface area contributed by atoms with Crippen molar-refractivity contribution in [1.29, 1.82) is 0 Å². The van der Waals surface area contributed by atoms with Crippen molar-refractivity contribution in [2.75, 3.05) is 0 Å². The van der Waals surface area contributed by atoms with Crippen LogP contribution in [0.1, 0.15) is 25.3 Å². The number of benzene rings is 2. The molecule has 0 spiro atoms. The molecule has 24 heavy (non-hydrogen) atoms. The quantitative estimate of drug-likeness (QED) is 0.586.